The predicted octanol–water partition coefficient (Wildman–Crippen LogP) is 1.84. The summed E-state index contributed by atoms with van der Waals surface area (Å²) in [6.45, 7) is 0. The molecule has 0 N–H and O–H groups in total. The Balaban J connectivity index is 3.34. The highest BCUT2D eigenvalue weighted by Gasteiger charge is 2.06. The van der Waals surface area contributed by atoms with Gasteiger partial charge in [0.25, 0.3) is 0 Å². The lowest BCUT2D eigenvalue weighted by atomic mass is 10.2. The minimum Gasteiger partial charge on any atom is -0.288 e. The zero-order valence-corrected chi connectivity index (χ0v) is 4.97. The Morgan fingerprint density at radius 3 is 2.60 bits per heavy atom. The fourth-order valence-electron chi connectivity index (χ4n) is 0.613. The first-order valence-electron chi connectivity index (χ1n) is 2.61. The van der Waals surface area contributed by atoms with Gasteiger partial charge in [0, 0.05) is 0 Å². The van der Waals surface area contributed by atoms with Crippen LogP contribution in [0, 0.1) is 17.1 Å². The summed E-state index contributed by atoms with van der Waals surface area (Å²) >= 11 is 0. The van der Waals surface area contributed by atoms with Crippen molar-refractivity contribution in [3.63, 3.8) is 0 Å². The molecule has 49 valence electrons. The molecule has 0 fully saturated rings. The van der Waals surface area contributed by atoms with Crippen molar-refractivity contribution in [2.24, 2.45) is 0 Å². The van der Waals surface area contributed by atoms with Gasteiger partial charge in [0.05, 0.1) is 0 Å². The second kappa shape index (κ2) is 2.36. The fraction of sp³-hybridized carbons (Fsp3) is 0. The van der Waals surface area contributed by atoms with Crippen molar-refractivity contribution >= 4 is 0 Å². The molecule has 1 radical (unpaired) electrons. The molecule has 0 atom stereocenters. The summed E-state index contributed by atoms with van der Waals surface area (Å²) in [6.07, 6.45) is 0. The molecule has 0 bridgehead atoms. The number of hydrogen-bond donors (Lipinski definition) is 0. The summed E-state index contributed by atoms with van der Waals surface area (Å²) < 4.78 is 12.4. The van der Waals surface area contributed by atoms with Crippen LogP contribution in [0.5, 0.6) is 5.75 Å². The minimum absolute atomic E-state index is 0.414. The van der Waals surface area contributed by atoms with Crippen LogP contribution in [0.15, 0.2) is 18.2 Å². The van der Waals surface area contributed by atoms with E-state index < -0.39 is 17.1 Å². The average molecular weight is 136 g/mol. The number of benzene rings is 1. The van der Waals surface area contributed by atoms with Crippen LogP contribution in [0.1, 0.15) is 5.56 Å². The Kier molecular flexibility index (Phi) is 1.55. The summed E-state index contributed by atoms with van der Waals surface area (Å²) in [5, 5.41) is 18.8. The van der Waals surface area contributed by atoms with Gasteiger partial charge in [0.15, 0.2) is 5.75 Å². The maximum atomic E-state index is 12.4. The highest BCUT2D eigenvalue weighted by atomic mass is 19.1. The molecule has 1 aromatic rings. The van der Waals surface area contributed by atoms with Crippen LogP contribution in [0.25, 0.3) is 0 Å². The maximum Gasteiger partial charge on any atom is 0.199 e. The van der Waals surface area contributed by atoms with E-state index in [2.05, 4.69) is 0 Å². The highest BCUT2D eigenvalue weighted by molar-refractivity contribution is 5.42. The van der Waals surface area contributed by atoms with Crippen LogP contribution >= 0.6 is 0 Å². The van der Waals surface area contributed by atoms with E-state index in [1.807, 2.05) is 0 Å². The third-order valence-electron chi connectivity index (χ3n) is 1.09. The first-order chi connectivity index (χ1) is 4.75. The summed E-state index contributed by atoms with van der Waals surface area (Å²) in [7, 11) is 0. The number of rotatable bonds is 0. The second-order valence-electron chi connectivity index (χ2n) is 1.72. The van der Waals surface area contributed by atoms with E-state index >= 15 is 0 Å². The van der Waals surface area contributed by atoms with Gasteiger partial charge in [-0.1, -0.05) is 6.07 Å². The van der Waals surface area contributed by atoms with E-state index in [1.165, 1.54) is 12.1 Å². The Labute approximate surface area is 57.1 Å². The van der Waals surface area contributed by atoms with Crippen LogP contribution < -0.4 is 0 Å². The number of nitriles is 1. The molecule has 0 aliphatic carbocycles. The first-order valence-corrected chi connectivity index (χ1v) is 2.61. The Bertz CT molecular complexity index is 270. The maximum absolute atomic E-state index is 12.4. The van der Waals surface area contributed by atoms with Gasteiger partial charge < -0.3 is 0 Å². The molecule has 10 heavy (non-hydrogen) atoms. The molecule has 0 aliphatic rings. The lowest BCUT2D eigenvalue weighted by molar-refractivity contribution is 0.350. The van der Waals surface area contributed by atoms with Crippen molar-refractivity contribution in [1.82, 2.24) is 0 Å². The molecule has 0 unspecified atom stereocenters. The van der Waals surface area contributed by atoms with E-state index in [4.69, 9.17) is 5.26 Å². The van der Waals surface area contributed by atoms with E-state index in [9.17, 15) is 9.50 Å². The predicted molar refractivity (Wildman–Crippen MR) is 31.2 cm³/mol. The second-order valence-corrected chi connectivity index (χ2v) is 1.72. The lowest BCUT2D eigenvalue weighted by Gasteiger charge is -1.90. The summed E-state index contributed by atoms with van der Waals surface area (Å²) in [4.78, 5) is 0. The average Bonchev–Trinajstić information content (AvgIpc) is 1.88. The largest absolute Gasteiger partial charge is 0.288 e. The highest BCUT2D eigenvalue weighted by Crippen LogP contribution is 2.18. The van der Waals surface area contributed by atoms with Crippen LogP contribution in [-0.4, -0.2) is 0 Å². The van der Waals surface area contributed by atoms with E-state index in [0.29, 0.717) is 0 Å². The Hall–Kier alpha value is -1.56. The third-order valence-corrected chi connectivity index (χ3v) is 1.09. The SMILES string of the molecule is N#Cc1c([O])cccc1F. The van der Waals surface area contributed by atoms with Crippen LogP contribution in [0.4, 0.5) is 4.39 Å². The number of nitrogens with zero attached hydrogens (tertiary/aromatic N) is 1. The molecule has 3 heteroatoms. The van der Waals surface area contributed by atoms with Crippen molar-refractivity contribution in [3.05, 3.63) is 29.6 Å². The molecule has 0 spiro atoms. The molecule has 0 saturated heterocycles. The topological polar surface area (TPSA) is 43.7 Å². The number of hydrogen-bond acceptors (Lipinski definition) is 1. The molecular weight excluding hydrogens is 133 g/mol. The van der Waals surface area contributed by atoms with Gasteiger partial charge in [0.1, 0.15) is 17.4 Å². The molecule has 0 saturated carbocycles. The molecule has 0 heterocycles. The third kappa shape index (κ3) is 0.914. The van der Waals surface area contributed by atoms with Gasteiger partial charge in [0.2, 0.25) is 0 Å². The number of halogens is 1. The van der Waals surface area contributed by atoms with Gasteiger partial charge in [-0.15, -0.1) is 0 Å². The molecule has 0 amide bonds. The van der Waals surface area contributed by atoms with Crippen molar-refractivity contribution in [1.29, 1.82) is 5.26 Å². The standard InChI is InChI=1S/C7H3FNO/c8-6-2-1-3-7(10)5(6)4-9/h1-3H. The van der Waals surface area contributed by atoms with Crippen molar-refractivity contribution < 1.29 is 9.50 Å². The lowest BCUT2D eigenvalue weighted by Crippen LogP contribution is -1.80. The Morgan fingerprint density at radius 2 is 2.20 bits per heavy atom. The fourth-order valence-corrected chi connectivity index (χ4v) is 0.613. The summed E-state index contributed by atoms with van der Waals surface area (Å²) in [5.41, 5.74) is -0.414. The van der Waals surface area contributed by atoms with Crippen molar-refractivity contribution in [3.8, 4) is 11.8 Å². The Morgan fingerprint density at radius 1 is 1.50 bits per heavy atom. The van der Waals surface area contributed by atoms with Crippen molar-refractivity contribution in [2.45, 2.75) is 0 Å². The zero-order chi connectivity index (χ0) is 7.56. The van der Waals surface area contributed by atoms with E-state index in [0.717, 1.165) is 12.1 Å². The van der Waals surface area contributed by atoms with Gasteiger partial charge >= 0.3 is 0 Å². The van der Waals surface area contributed by atoms with Gasteiger partial charge in [-0.05, 0) is 12.1 Å². The van der Waals surface area contributed by atoms with E-state index in [1.54, 1.807) is 0 Å². The molecule has 2 nitrogen and oxygen atoms in total. The van der Waals surface area contributed by atoms with Crippen LogP contribution in [0.3, 0.4) is 0 Å². The zero-order valence-electron chi connectivity index (χ0n) is 4.97. The summed E-state index contributed by atoms with van der Waals surface area (Å²) in [5.74, 6) is -1.32. The van der Waals surface area contributed by atoms with Gasteiger partial charge in [-0.3, -0.25) is 5.11 Å². The van der Waals surface area contributed by atoms with Crippen LogP contribution in [-0.2, 0) is 5.11 Å². The molecule has 1 aromatic carbocycles. The van der Waals surface area contributed by atoms with E-state index in [-0.39, 0.29) is 0 Å². The van der Waals surface area contributed by atoms with Gasteiger partial charge in [-0.2, -0.15) is 5.26 Å². The first kappa shape index (κ1) is 6.56. The smallest absolute Gasteiger partial charge is 0.199 e. The minimum atomic E-state index is -0.755. The molecule has 0 aromatic heterocycles. The van der Waals surface area contributed by atoms with Gasteiger partial charge in [-0.25, -0.2) is 4.39 Å². The normalized spacial score (nSPS) is 8.80. The van der Waals surface area contributed by atoms with Crippen LogP contribution in [0.2, 0.25) is 0 Å². The summed E-state index contributed by atoms with van der Waals surface area (Å²) in [6, 6.07) is 4.99. The van der Waals surface area contributed by atoms with Crippen molar-refractivity contribution in [2.75, 3.05) is 0 Å². The quantitative estimate of drug-likeness (QED) is 0.536. The molecular formula is C7H3FNO. The molecule has 0 aliphatic heterocycles. The molecule has 1 rings (SSSR count). The monoisotopic (exact) mass is 136 g/mol.